The molecule has 0 bridgehead atoms. The Morgan fingerprint density at radius 3 is 2.26 bits per heavy atom. The van der Waals surface area contributed by atoms with Crippen molar-refractivity contribution in [3.8, 4) is 5.75 Å². The summed E-state index contributed by atoms with van der Waals surface area (Å²) in [5, 5.41) is 2.92. The van der Waals surface area contributed by atoms with Crippen molar-refractivity contribution in [2.45, 2.75) is 32.9 Å². The molecule has 1 amide bonds. The second kappa shape index (κ2) is 7.79. The molecular formula is C19H24N2O2. The van der Waals surface area contributed by atoms with E-state index in [1.54, 1.807) is 0 Å². The molecule has 0 aliphatic heterocycles. The van der Waals surface area contributed by atoms with Crippen molar-refractivity contribution in [1.82, 2.24) is 0 Å². The molecule has 122 valence electrons. The number of anilines is 1. The smallest absolute Gasteiger partial charge is 0.229 e. The molecule has 0 saturated carbocycles. The first-order valence-electron chi connectivity index (χ1n) is 7.86. The van der Waals surface area contributed by atoms with Crippen molar-refractivity contribution < 1.29 is 9.53 Å². The molecule has 2 rings (SSSR count). The quantitative estimate of drug-likeness (QED) is 0.854. The Labute approximate surface area is 137 Å². The number of ether oxygens (including phenoxy) is 1. The molecule has 0 aliphatic rings. The fourth-order valence-corrected chi connectivity index (χ4v) is 2.30. The normalized spacial score (nSPS) is 13.4. The van der Waals surface area contributed by atoms with Crippen molar-refractivity contribution in [1.29, 1.82) is 0 Å². The summed E-state index contributed by atoms with van der Waals surface area (Å²) >= 11 is 0. The van der Waals surface area contributed by atoms with Gasteiger partial charge in [0.2, 0.25) is 5.91 Å². The Hall–Kier alpha value is -2.33. The summed E-state index contributed by atoms with van der Waals surface area (Å²) in [4.78, 5) is 12.5. The monoisotopic (exact) mass is 312 g/mol. The number of nitrogens with two attached hydrogens (primary N) is 1. The minimum Gasteiger partial charge on any atom is -0.489 e. The van der Waals surface area contributed by atoms with E-state index in [4.69, 9.17) is 10.5 Å². The van der Waals surface area contributed by atoms with Crippen LogP contribution in [0.4, 0.5) is 5.69 Å². The summed E-state index contributed by atoms with van der Waals surface area (Å²) in [5.41, 5.74) is 7.83. The van der Waals surface area contributed by atoms with Gasteiger partial charge in [-0.2, -0.15) is 0 Å². The predicted molar refractivity (Wildman–Crippen MR) is 93.4 cm³/mol. The molecule has 4 heteroatoms. The van der Waals surface area contributed by atoms with Gasteiger partial charge in [-0.25, -0.2) is 0 Å². The van der Waals surface area contributed by atoms with Gasteiger partial charge < -0.3 is 15.8 Å². The van der Waals surface area contributed by atoms with Gasteiger partial charge in [-0.05, 0) is 31.5 Å². The average molecular weight is 312 g/mol. The van der Waals surface area contributed by atoms with Crippen molar-refractivity contribution in [2.75, 3.05) is 5.32 Å². The maximum absolute atomic E-state index is 12.5. The molecule has 0 saturated heterocycles. The van der Waals surface area contributed by atoms with Crippen LogP contribution in [-0.2, 0) is 4.79 Å². The number of amides is 1. The Morgan fingerprint density at radius 1 is 1.00 bits per heavy atom. The highest BCUT2D eigenvalue weighted by Crippen LogP contribution is 2.27. The first-order valence-corrected chi connectivity index (χ1v) is 7.86. The standard InChI is InChI=1S/C19H24N2O2/c1-13(2)23-17-12-8-7-11-16(17)21-19(22)14(3)18(20)15-9-5-4-6-10-15/h4-14,18H,20H2,1-3H3,(H,21,22). The third kappa shape index (κ3) is 4.57. The van der Waals surface area contributed by atoms with E-state index in [0.717, 1.165) is 5.56 Å². The Bertz CT molecular complexity index is 641. The lowest BCUT2D eigenvalue weighted by Gasteiger charge is -2.21. The maximum Gasteiger partial charge on any atom is 0.229 e. The van der Waals surface area contributed by atoms with Crippen molar-refractivity contribution >= 4 is 11.6 Å². The van der Waals surface area contributed by atoms with Crippen LogP contribution in [0.2, 0.25) is 0 Å². The topological polar surface area (TPSA) is 64.3 Å². The highest BCUT2D eigenvalue weighted by molar-refractivity contribution is 5.94. The van der Waals surface area contributed by atoms with Gasteiger partial charge in [0, 0.05) is 6.04 Å². The van der Waals surface area contributed by atoms with Gasteiger partial charge in [0.05, 0.1) is 17.7 Å². The summed E-state index contributed by atoms with van der Waals surface area (Å²) in [6.07, 6.45) is 0.0389. The largest absolute Gasteiger partial charge is 0.489 e. The third-order valence-electron chi connectivity index (χ3n) is 3.64. The molecule has 0 spiro atoms. The first-order chi connectivity index (χ1) is 11.0. The number of nitrogens with one attached hydrogen (secondary N) is 1. The van der Waals surface area contributed by atoms with Gasteiger partial charge in [0.15, 0.2) is 0 Å². The van der Waals surface area contributed by atoms with Crippen molar-refractivity contribution in [2.24, 2.45) is 11.7 Å². The van der Waals surface area contributed by atoms with Gasteiger partial charge in [-0.15, -0.1) is 0 Å². The number of hydrogen-bond acceptors (Lipinski definition) is 3. The summed E-state index contributed by atoms with van der Waals surface area (Å²) in [7, 11) is 0. The molecule has 0 heterocycles. The van der Waals surface area contributed by atoms with Crippen LogP contribution >= 0.6 is 0 Å². The van der Waals surface area contributed by atoms with E-state index in [-0.39, 0.29) is 24.0 Å². The van der Waals surface area contributed by atoms with E-state index in [9.17, 15) is 4.79 Å². The molecule has 23 heavy (non-hydrogen) atoms. The molecule has 0 aromatic heterocycles. The van der Waals surface area contributed by atoms with Crippen LogP contribution < -0.4 is 15.8 Å². The fraction of sp³-hybridized carbons (Fsp3) is 0.316. The van der Waals surface area contributed by atoms with Crippen LogP contribution in [-0.4, -0.2) is 12.0 Å². The van der Waals surface area contributed by atoms with Crippen LogP contribution in [0.3, 0.4) is 0 Å². The molecule has 2 atom stereocenters. The Morgan fingerprint density at radius 2 is 1.61 bits per heavy atom. The van der Waals surface area contributed by atoms with Gasteiger partial charge in [0.1, 0.15) is 5.75 Å². The minimum atomic E-state index is -0.357. The zero-order valence-corrected chi connectivity index (χ0v) is 13.8. The van der Waals surface area contributed by atoms with E-state index in [1.807, 2.05) is 75.4 Å². The van der Waals surface area contributed by atoms with E-state index >= 15 is 0 Å². The molecule has 0 aliphatic carbocycles. The van der Waals surface area contributed by atoms with E-state index in [2.05, 4.69) is 5.32 Å². The van der Waals surface area contributed by atoms with E-state index in [1.165, 1.54) is 0 Å². The van der Waals surface area contributed by atoms with Gasteiger partial charge >= 0.3 is 0 Å². The number of carbonyl (C=O) groups is 1. The van der Waals surface area contributed by atoms with Crippen LogP contribution in [0.1, 0.15) is 32.4 Å². The number of hydrogen-bond donors (Lipinski definition) is 2. The lowest BCUT2D eigenvalue weighted by Crippen LogP contribution is -2.30. The molecule has 2 aromatic rings. The third-order valence-corrected chi connectivity index (χ3v) is 3.64. The van der Waals surface area contributed by atoms with Crippen LogP contribution in [0.5, 0.6) is 5.75 Å². The zero-order valence-electron chi connectivity index (χ0n) is 13.8. The second-order valence-corrected chi connectivity index (χ2v) is 5.88. The Balaban J connectivity index is 2.10. The molecule has 2 aromatic carbocycles. The molecule has 4 nitrogen and oxygen atoms in total. The number of para-hydroxylation sites is 2. The van der Waals surface area contributed by atoms with Crippen LogP contribution in [0, 0.1) is 5.92 Å². The SMILES string of the molecule is CC(C)Oc1ccccc1NC(=O)C(C)C(N)c1ccccc1. The molecular weight excluding hydrogens is 288 g/mol. The van der Waals surface area contributed by atoms with Crippen molar-refractivity contribution in [3.05, 3.63) is 60.2 Å². The Kier molecular flexibility index (Phi) is 5.77. The highest BCUT2D eigenvalue weighted by Gasteiger charge is 2.23. The van der Waals surface area contributed by atoms with E-state index < -0.39 is 0 Å². The maximum atomic E-state index is 12.5. The van der Waals surface area contributed by atoms with Crippen molar-refractivity contribution in [3.63, 3.8) is 0 Å². The molecule has 3 N–H and O–H groups in total. The van der Waals surface area contributed by atoms with Crippen LogP contribution in [0.25, 0.3) is 0 Å². The first kappa shape index (κ1) is 17.0. The minimum absolute atomic E-state index is 0.0389. The summed E-state index contributed by atoms with van der Waals surface area (Å²) in [5.74, 6) is 0.182. The summed E-state index contributed by atoms with van der Waals surface area (Å²) < 4.78 is 5.73. The lowest BCUT2D eigenvalue weighted by atomic mass is 9.94. The van der Waals surface area contributed by atoms with Gasteiger partial charge in [0.25, 0.3) is 0 Å². The predicted octanol–water partition coefficient (Wildman–Crippen LogP) is 3.75. The number of carbonyl (C=O) groups excluding carboxylic acids is 1. The molecule has 0 fully saturated rings. The molecule has 2 unspecified atom stereocenters. The molecule has 0 radical (unpaired) electrons. The number of benzene rings is 2. The number of rotatable bonds is 6. The van der Waals surface area contributed by atoms with Crippen LogP contribution in [0.15, 0.2) is 54.6 Å². The summed E-state index contributed by atoms with van der Waals surface area (Å²) in [6.45, 7) is 5.73. The van der Waals surface area contributed by atoms with Gasteiger partial charge in [-0.1, -0.05) is 49.4 Å². The average Bonchev–Trinajstić information content (AvgIpc) is 2.55. The van der Waals surface area contributed by atoms with Gasteiger partial charge in [-0.3, -0.25) is 4.79 Å². The van der Waals surface area contributed by atoms with E-state index in [0.29, 0.717) is 11.4 Å². The second-order valence-electron chi connectivity index (χ2n) is 5.88. The zero-order chi connectivity index (χ0) is 16.8. The summed E-state index contributed by atoms with van der Waals surface area (Å²) in [6, 6.07) is 16.7. The lowest BCUT2D eigenvalue weighted by molar-refractivity contribution is -0.120. The highest BCUT2D eigenvalue weighted by atomic mass is 16.5. The fourth-order valence-electron chi connectivity index (χ4n) is 2.30.